The van der Waals surface area contributed by atoms with E-state index in [4.69, 9.17) is 4.74 Å². The number of carboxylic acid groups (broad SMARTS) is 1. The number of hydrogen-bond donors (Lipinski definition) is 1. The highest BCUT2D eigenvalue weighted by molar-refractivity contribution is 5.97. The molecule has 6 nitrogen and oxygen atoms in total. The lowest BCUT2D eigenvalue weighted by molar-refractivity contribution is -0.143. The number of likely N-dealkylation sites (tertiary alicyclic amines) is 1. The molecule has 1 atom stereocenters. The fourth-order valence-electron chi connectivity index (χ4n) is 3.10. The predicted molar refractivity (Wildman–Crippen MR) is 92.5 cm³/mol. The summed E-state index contributed by atoms with van der Waals surface area (Å²) >= 11 is 0. The molecule has 1 aromatic heterocycles. The van der Waals surface area contributed by atoms with Crippen LogP contribution in [-0.4, -0.2) is 46.6 Å². The Bertz CT molecular complexity index is 773. The second-order valence-corrected chi connectivity index (χ2v) is 6.04. The van der Waals surface area contributed by atoms with Crippen molar-refractivity contribution in [3.63, 3.8) is 0 Å². The van der Waals surface area contributed by atoms with Crippen molar-refractivity contribution < 1.29 is 19.4 Å². The van der Waals surface area contributed by atoms with E-state index in [2.05, 4.69) is 4.98 Å². The van der Waals surface area contributed by atoms with Crippen molar-refractivity contribution in [2.45, 2.75) is 25.3 Å². The Kier molecular flexibility index (Phi) is 4.97. The Labute approximate surface area is 146 Å². The zero-order valence-corrected chi connectivity index (χ0v) is 14.0. The van der Waals surface area contributed by atoms with Gasteiger partial charge in [0.2, 0.25) is 0 Å². The maximum atomic E-state index is 12.8. The first-order valence-corrected chi connectivity index (χ1v) is 8.23. The molecule has 1 aliphatic heterocycles. The Hall–Kier alpha value is -2.89. The third kappa shape index (κ3) is 3.63. The standard InChI is InChI=1S/C19H20N2O4/c1-25-16-7-5-13(6-8-16)14-10-15(12-20-11-14)18(22)21-9-3-2-4-17(21)19(23)24/h5-8,10-12,17H,2-4,9H2,1H3,(H,23,24)/t17-/m1/s1. The molecule has 0 unspecified atom stereocenters. The molecule has 2 heterocycles. The van der Waals surface area contributed by atoms with Crippen LogP contribution in [0.15, 0.2) is 42.7 Å². The average molecular weight is 340 g/mol. The number of carboxylic acids is 1. The lowest BCUT2D eigenvalue weighted by Crippen LogP contribution is -2.48. The summed E-state index contributed by atoms with van der Waals surface area (Å²) in [5, 5.41) is 9.37. The van der Waals surface area contributed by atoms with Gasteiger partial charge < -0.3 is 14.7 Å². The highest BCUT2D eigenvalue weighted by Crippen LogP contribution is 2.24. The summed E-state index contributed by atoms with van der Waals surface area (Å²) in [7, 11) is 1.60. The van der Waals surface area contributed by atoms with Gasteiger partial charge in [0.15, 0.2) is 0 Å². The van der Waals surface area contributed by atoms with E-state index in [-0.39, 0.29) is 5.91 Å². The summed E-state index contributed by atoms with van der Waals surface area (Å²) in [5.74, 6) is -0.483. The minimum Gasteiger partial charge on any atom is -0.497 e. The number of rotatable bonds is 4. The Morgan fingerprint density at radius 1 is 1.16 bits per heavy atom. The van der Waals surface area contributed by atoms with E-state index in [0.29, 0.717) is 18.5 Å². The maximum Gasteiger partial charge on any atom is 0.326 e. The van der Waals surface area contributed by atoms with Crippen LogP contribution in [-0.2, 0) is 4.79 Å². The molecule has 1 saturated heterocycles. The molecule has 0 radical (unpaired) electrons. The lowest BCUT2D eigenvalue weighted by atomic mass is 10.00. The summed E-state index contributed by atoms with van der Waals surface area (Å²) < 4.78 is 5.15. The monoisotopic (exact) mass is 340 g/mol. The molecule has 25 heavy (non-hydrogen) atoms. The van der Waals surface area contributed by atoms with Gasteiger partial charge in [-0.05, 0) is 43.0 Å². The number of amides is 1. The van der Waals surface area contributed by atoms with Crippen molar-refractivity contribution >= 4 is 11.9 Å². The molecular weight excluding hydrogens is 320 g/mol. The van der Waals surface area contributed by atoms with Crippen LogP contribution in [0.4, 0.5) is 0 Å². The smallest absolute Gasteiger partial charge is 0.326 e. The van der Waals surface area contributed by atoms with Crippen molar-refractivity contribution in [3.05, 3.63) is 48.3 Å². The van der Waals surface area contributed by atoms with Gasteiger partial charge in [0, 0.05) is 24.5 Å². The van der Waals surface area contributed by atoms with E-state index in [1.54, 1.807) is 19.4 Å². The number of ether oxygens (including phenoxy) is 1. The first-order valence-electron chi connectivity index (χ1n) is 8.23. The van der Waals surface area contributed by atoms with Gasteiger partial charge >= 0.3 is 5.97 Å². The van der Waals surface area contributed by atoms with Crippen molar-refractivity contribution in [3.8, 4) is 16.9 Å². The summed E-state index contributed by atoms with van der Waals surface area (Å²) in [6, 6.07) is 8.47. The fourth-order valence-corrected chi connectivity index (χ4v) is 3.10. The highest BCUT2D eigenvalue weighted by atomic mass is 16.5. The van der Waals surface area contributed by atoms with Gasteiger partial charge in [-0.15, -0.1) is 0 Å². The topological polar surface area (TPSA) is 79.7 Å². The van der Waals surface area contributed by atoms with Gasteiger partial charge in [0.25, 0.3) is 5.91 Å². The number of aliphatic carboxylic acids is 1. The van der Waals surface area contributed by atoms with Crippen molar-refractivity contribution in [2.75, 3.05) is 13.7 Å². The van der Waals surface area contributed by atoms with E-state index < -0.39 is 12.0 Å². The minimum absolute atomic E-state index is 0.282. The number of carbonyl (C=O) groups excluding carboxylic acids is 1. The number of hydrogen-bond acceptors (Lipinski definition) is 4. The molecule has 1 N–H and O–H groups in total. The number of nitrogens with zero attached hydrogens (tertiary/aromatic N) is 2. The quantitative estimate of drug-likeness (QED) is 0.926. The number of carbonyl (C=O) groups is 2. The van der Waals surface area contributed by atoms with E-state index in [1.807, 2.05) is 24.3 Å². The van der Waals surface area contributed by atoms with Crippen LogP contribution in [0.2, 0.25) is 0 Å². The van der Waals surface area contributed by atoms with Gasteiger partial charge in [-0.3, -0.25) is 9.78 Å². The summed E-state index contributed by atoms with van der Waals surface area (Å²) in [6.45, 7) is 0.461. The molecule has 0 bridgehead atoms. The molecule has 3 rings (SSSR count). The van der Waals surface area contributed by atoms with Gasteiger partial charge in [-0.1, -0.05) is 12.1 Å². The van der Waals surface area contributed by atoms with Gasteiger partial charge in [-0.25, -0.2) is 4.79 Å². The van der Waals surface area contributed by atoms with Crippen LogP contribution in [0.5, 0.6) is 5.75 Å². The third-order valence-corrected chi connectivity index (χ3v) is 4.46. The van der Waals surface area contributed by atoms with Crippen LogP contribution in [0.3, 0.4) is 0 Å². The zero-order chi connectivity index (χ0) is 17.8. The highest BCUT2D eigenvalue weighted by Gasteiger charge is 2.32. The first-order chi connectivity index (χ1) is 12.1. The predicted octanol–water partition coefficient (Wildman–Crippen LogP) is 2.84. The number of aromatic nitrogens is 1. The van der Waals surface area contributed by atoms with Gasteiger partial charge in [0.05, 0.1) is 12.7 Å². The molecule has 6 heteroatoms. The minimum atomic E-state index is -0.952. The summed E-state index contributed by atoms with van der Waals surface area (Å²) in [5.41, 5.74) is 2.12. The second-order valence-electron chi connectivity index (χ2n) is 6.04. The summed E-state index contributed by atoms with van der Waals surface area (Å²) in [6.07, 6.45) is 5.31. The van der Waals surface area contributed by atoms with Crippen LogP contribution < -0.4 is 4.74 Å². The summed E-state index contributed by atoms with van der Waals surface area (Å²) in [4.78, 5) is 29.8. The average Bonchev–Trinajstić information content (AvgIpc) is 2.67. The van der Waals surface area contributed by atoms with Crippen molar-refractivity contribution in [2.24, 2.45) is 0 Å². The van der Waals surface area contributed by atoms with E-state index in [0.717, 1.165) is 29.7 Å². The fraction of sp³-hybridized carbons (Fsp3) is 0.316. The Morgan fingerprint density at radius 3 is 2.60 bits per heavy atom. The van der Waals surface area contributed by atoms with Gasteiger partial charge in [0.1, 0.15) is 11.8 Å². The molecule has 0 saturated carbocycles. The first kappa shape index (κ1) is 17.0. The van der Waals surface area contributed by atoms with Crippen molar-refractivity contribution in [1.82, 2.24) is 9.88 Å². The molecule has 0 spiro atoms. The van der Waals surface area contributed by atoms with E-state index >= 15 is 0 Å². The SMILES string of the molecule is COc1ccc(-c2cncc(C(=O)N3CCCC[C@@H]3C(=O)O)c2)cc1. The molecule has 1 fully saturated rings. The largest absolute Gasteiger partial charge is 0.497 e. The number of methoxy groups -OCH3 is 1. The Morgan fingerprint density at radius 2 is 1.92 bits per heavy atom. The molecular formula is C19H20N2O4. The molecule has 0 aliphatic carbocycles. The zero-order valence-electron chi connectivity index (χ0n) is 14.0. The lowest BCUT2D eigenvalue weighted by Gasteiger charge is -2.33. The molecule has 1 aliphatic rings. The van der Waals surface area contributed by atoms with Crippen LogP contribution in [0.1, 0.15) is 29.6 Å². The number of piperidine rings is 1. The normalized spacial score (nSPS) is 17.2. The van der Waals surface area contributed by atoms with Crippen LogP contribution >= 0.6 is 0 Å². The second kappa shape index (κ2) is 7.34. The number of pyridine rings is 1. The van der Waals surface area contributed by atoms with Crippen LogP contribution in [0.25, 0.3) is 11.1 Å². The molecule has 1 amide bonds. The van der Waals surface area contributed by atoms with Crippen molar-refractivity contribution in [1.29, 1.82) is 0 Å². The maximum absolute atomic E-state index is 12.8. The molecule has 2 aromatic rings. The van der Waals surface area contributed by atoms with Gasteiger partial charge in [-0.2, -0.15) is 0 Å². The molecule has 130 valence electrons. The third-order valence-electron chi connectivity index (χ3n) is 4.46. The van der Waals surface area contributed by atoms with Crippen LogP contribution in [0, 0.1) is 0 Å². The number of benzene rings is 1. The Balaban J connectivity index is 1.87. The molecule has 1 aromatic carbocycles. The van der Waals surface area contributed by atoms with E-state index in [9.17, 15) is 14.7 Å². The van der Waals surface area contributed by atoms with E-state index in [1.165, 1.54) is 11.1 Å².